The molecule has 0 bridgehead atoms. The third-order valence-electron chi connectivity index (χ3n) is 6.11. The van der Waals surface area contributed by atoms with Gasteiger partial charge in [0, 0.05) is 17.4 Å². The molecule has 0 saturated heterocycles. The van der Waals surface area contributed by atoms with E-state index in [1.807, 2.05) is 0 Å². The van der Waals surface area contributed by atoms with Gasteiger partial charge in [0.2, 0.25) is 0 Å². The van der Waals surface area contributed by atoms with Crippen molar-refractivity contribution >= 4 is 8.32 Å². The second-order valence-corrected chi connectivity index (χ2v) is 14.1. The van der Waals surface area contributed by atoms with Crippen LogP contribution in [-0.4, -0.2) is 14.4 Å². The monoisotopic (exact) mass is 425 g/mol. The molecule has 0 aliphatic heterocycles. The Bertz CT molecular complexity index is 798. The Morgan fingerprint density at radius 2 is 1.55 bits per heavy atom. The smallest absolute Gasteiger partial charge is 0.258 e. The molecule has 0 fully saturated rings. The van der Waals surface area contributed by atoms with Gasteiger partial charge < -0.3 is 4.43 Å². The summed E-state index contributed by atoms with van der Waals surface area (Å²) in [5.74, 6) is -2.99. The minimum Gasteiger partial charge on any atom is -0.546 e. The lowest BCUT2D eigenvalue weighted by Crippen LogP contribution is -2.47. The quantitative estimate of drug-likeness (QED) is 0.145. The summed E-state index contributed by atoms with van der Waals surface area (Å²) in [4.78, 5) is 2.89. The molecule has 4 nitrogen and oxygen atoms in total. The average molecular weight is 426 g/mol. The second-order valence-electron chi connectivity index (χ2n) is 8.68. The molecule has 0 N–H and O–H groups in total. The Labute approximate surface area is 171 Å². The number of nitrogens with zero attached hydrogens (tertiary/aromatic N) is 3. The SMILES string of the molecule is CC(C)[Si](OC1=CC(N=[N+]=[N-])C(c2cc(F)c(F)cc2F)CC1)(C(C)C)C(C)C. The highest BCUT2D eigenvalue weighted by atomic mass is 28.4. The molecule has 0 radical (unpaired) electrons. The molecule has 0 amide bonds. The van der Waals surface area contributed by atoms with E-state index < -0.39 is 37.7 Å². The van der Waals surface area contributed by atoms with E-state index >= 15 is 0 Å². The largest absolute Gasteiger partial charge is 0.546 e. The third-order valence-corrected chi connectivity index (χ3v) is 12.1. The normalized spacial score (nSPS) is 20.1. The van der Waals surface area contributed by atoms with E-state index in [1.165, 1.54) is 0 Å². The van der Waals surface area contributed by atoms with Crippen molar-refractivity contribution < 1.29 is 17.6 Å². The van der Waals surface area contributed by atoms with E-state index in [1.54, 1.807) is 6.08 Å². The highest BCUT2D eigenvalue weighted by molar-refractivity contribution is 6.77. The van der Waals surface area contributed by atoms with Gasteiger partial charge in [-0.3, -0.25) is 0 Å². The highest BCUT2D eigenvalue weighted by Crippen LogP contribution is 2.46. The predicted molar refractivity (Wildman–Crippen MR) is 111 cm³/mol. The molecule has 1 aromatic rings. The van der Waals surface area contributed by atoms with Crippen LogP contribution in [0.4, 0.5) is 13.2 Å². The Kier molecular flexibility index (Phi) is 7.46. The number of hydrogen-bond donors (Lipinski definition) is 0. The van der Waals surface area contributed by atoms with Crippen LogP contribution in [0.15, 0.2) is 29.1 Å². The number of azide groups is 1. The molecule has 2 rings (SSSR count). The van der Waals surface area contributed by atoms with Crippen molar-refractivity contribution in [3.05, 3.63) is 57.4 Å². The molecule has 29 heavy (non-hydrogen) atoms. The van der Waals surface area contributed by atoms with Crippen molar-refractivity contribution in [1.29, 1.82) is 0 Å². The van der Waals surface area contributed by atoms with Gasteiger partial charge >= 0.3 is 0 Å². The zero-order valence-corrected chi connectivity index (χ0v) is 18.9. The van der Waals surface area contributed by atoms with Crippen molar-refractivity contribution in [3.63, 3.8) is 0 Å². The van der Waals surface area contributed by atoms with Crippen LogP contribution in [0.5, 0.6) is 0 Å². The zero-order valence-electron chi connectivity index (χ0n) is 17.9. The molecular weight excluding hydrogens is 395 g/mol. The van der Waals surface area contributed by atoms with Crippen LogP contribution in [0.3, 0.4) is 0 Å². The fraction of sp³-hybridized carbons (Fsp3) is 0.619. The topological polar surface area (TPSA) is 58.0 Å². The Morgan fingerprint density at radius 1 is 1.00 bits per heavy atom. The maximum atomic E-state index is 14.3. The van der Waals surface area contributed by atoms with Gasteiger partial charge in [0.15, 0.2) is 11.6 Å². The molecule has 1 aliphatic carbocycles. The summed E-state index contributed by atoms with van der Waals surface area (Å²) >= 11 is 0. The first-order valence-electron chi connectivity index (χ1n) is 10.1. The van der Waals surface area contributed by atoms with E-state index in [0.717, 1.165) is 11.8 Å². The molecule has 1 aliphatic rings. The van der Waals surface area contributed by atoms with Crippen LogP contribution < -0.4 is 0 Å². The molecule has 8 heteroatoms. The average Bonchev–Trinajstić information content (AvgIpc) is 2.62. The Hall–Kier alpha value is -1.92. The van der Waals surface area contributed by atoms with Crippen molar-refractivity contribution in [1.82, 2.24) is 0 Å². The minimum absolute atomic E-state index is 0.0247. The first-order chi connectivity index (χ1) is 13.5. The third kappa shape index (κ3) is 4.64. The van der Waals surface area contributed by atoms with E-state index in [0.29, 0.717) is 35.5 Å². The lowest BCUT2D eigenvalue weighted by atomic mass is 9.83. The van der Waals surface area contributed by atoms with Crippen LogP contribution in [-0.2, 0) is 4.43 Å². The lowest BCUT2D eigenvalue weighted by Gasteiger charge is -2.44. The van der Waals surface area contributed by atoms with Crippen molar-refractivity contribution in [2.75, 3.05) is 0 Å². The number of rotatable bonds is 7. The molecule has 160 valence electrons. The first kappa shape index (κ1) is 23.4. The van der Waals surface area contributed by atoms with Crippen molar-refractivity contribution in [2.45, 2.75) is 83.0 Å². The first-order valence-corrected chi connectivity index (χ1v) is 12.3. The number of allylic oxidation sites excluding steroid dienone is 1. The van der Waals surface area contributed by atoms with Crippen LogP contribution >= 0.6 is 0 Å². The summed E-state index contributed by atoms with van der Waals surface area (Å²) in [6.45, 7) is 13.1. The van der Waals surface area contributed by atoms with E-state index in [4.69, 9.17) is 9.96 Å². The Balaban J connectivity index is 2.43. The fourth-order valence-electron chi connectivity index (χ4n) is 4.86. The maximum Gasteiger partial charge on any atom is 0.258 e. The van der Waals surface area contributed by atoms with E-state index in [2.05, 4.69) is 51.6 Å². The molecule has 1 aromatic carbocycles. The van der Waals surface area contributed by atoms with Crippen LogP contribution in [0.2, 0.25) is 16.6 Å². The van der Waals surface area contributed by atoms with Gasteiger partial charge in [0.05, 0.1) is 11.8 Å². The summed E-state index contributed by atoms with van der Waals surface area (Å²) in [6.07, 6.45) is 2.70. The van der Waals surface area contributed by atoms with Gasteiger partial charge in [0.25, 0.3) is 8.32 Å². The molecular formula is C21H30F3N3OSi. The highest BCUT2D eigenvalue weighted by Gasteiger charge is 2.47. The molecule has 2 atom stereocenters. The summed E-state index contributed by atoms with van der Waals surface area (Å²) in [6, 6.07) is 0.688. The molecule has 0 spiro atoms. The number of hydrogen-bond acceptors (Lipinski definition) is 2. The van der Waals surface area contributed by atoms with Gasteiger partial charge in [-0.1, -0.05) is 46.7 Å². The van der Waals surface area contributed by atoms with Gasteiger partial charge in [-0.2, -0.15) is 0 Å². The standard InChI is InChI=1S/C21H30F3N3OSi/c1-12(2)29(13(3)4,14(5)6)28-15-7-8-16(21(9-15)26-27-25)17-10-19(23)20(24)11-18(17)22/h9-14,16,21H,7-8H2,1-6H3. The number of benzene rings is 1. The number of halogens is 3. The molecule has 0 heterocycles. The minimum atomic E-state index is -2.18. The maximum absolute atomic E-state index is 14.3. The van der Waals surface area contributed by atoms with E-state index in [-0.39, 0.29) is 5.56 Å². The van der Waals surface area contributed by atoms with Gasteiger partial charge in [0.1, 0.15) is 5.82 Å². The molecule has 0 saturated carbocycles. The second kappa shape index (κ2) is 9.26. The molecule has 2 unspecified atom stereocenters. The molecule has 0 aromatic heterocycles. The van der Waals surface area contributed by atoms with Crippen LogP contribution in [0.25, 0.3) is 10.4 Å². The Morgan fingerprint density at radius 3 is 2.07 bits per heavy atom. The van der Waals surface area contributed by atoms with Gasteiger partial charge in [-0.25, -0.2) is 13.2 Å². The summed E-state index contributed by atoms with van der Waals surface area (Å²) in [7, 11) is -2.18. The zero-order chi connectivity index (χ0) is 21.9. The van der Waals surface area contributed by atoms with Gasteiger partial charge in [-0.05, 0) is 52.2 Å². The van der Waals surface area contributed by atoms with Crippen LogP contribution in [0, 0.1) is 17.5 Å². The fourth-order valence-corrected chi connectivity index (χ4v) is 10.2. The summed E-state index contributed by atoms with van der Waals surface area (Å²) < 4.78 is 48.0. The van der Waals surface area contributed by atoms with Crippen molar-refractivity contribution in [3.8, 4) is 0 Å². The van der Waals surface area contributed by atoms with Gasteiger partial charge in [-0.15, -0.1) is 0 Å². The summed E-state index contributed by atoms with van der Waals surface area (Å²) in [5.41, 5.74) is 10.2. The predicted octanol–water partition coefficient (Wildman–Crippen LogP) is 7.74. The lowest BCUT2D eigenvalue weighted by molar-refractivity contribution is 0.325. The van der Waals surface area contributed by atoms with Crippen LogP contribution in [0.1, 0.15) is 65.9 Å². The van der Waals surface area contributed by atoms with Crippen molar-refractivity contribution in [2.24, 2.45) is 5.11 Å². The summed E-state index contributed by atoms with van der Waals surface area (Å²) in [5, 5.41) is 3.81. The van der Waals surface area contributed by atoms with E-state index in [9.17, 15) is 13.2 Å².